The molecule has 2 N–H and O–H groups in total. The van der Waals surface area contributed by atoms with Crippen LogP contribution in [0.2, 0.25) is 0 Å². The van der Waals surface area contributed by atoms with E-state index in [4.69, 9.17) is 4.98 Å². The predicted molar refractivity (Wildman–Crippen MR) is 146 cm³/mol. The van der Waals surface area contributed by atoms with Crippen molar-refractivity contribution in [2.75, 3.05) is 17.2 Å². The van der Waals surface area contributed by atoms with Crippen LogP contribution < -0.4 is 10.6 Å². The average Bonchev–Trinajstić information content (AvgIpc) is 2.83. The van der Waals surface area contributed by atoms with Crippen molar-refractivity contribution < 1.29 is 13.2 Å². The highest BCUT2D eigenvalue weighted by Gasteiger charge is 2.34. The maximum Gasteiger partial charge on any atom is 0.418 e. The summed E-state index contributed by atoms with van der Waals surface area (Å²) in [5.41, 5.74) is 2.15. The van der Waals surface area contributed by atoms with Crippen molar-refractivity contribution in [3.05, 3.63) is 72.1 Å². The van der Waals surface area contributed by atoms with Crippen LogP contribution in [0.15, 0.2) is 66.5 Å². The number of nitrogens with zero attached hydrogens (tertiary/aromatic N) is 2. The molecule has 2 heterocycles. The number of anilines is 2. The molecule has 1 aliphatic rings. The van der Waals surface area contributed by atoms with Crippen LogP contribution in [0.4, 0.5) is 24.7 Å². The van der Waals surface area contributed by atoms with E-state index in [-0.39, 0.29) is 11.1 Å². The lowest BCUT2D eigenvalue weighted by Crippen LogP contribution is -2.20. The minimum Gasteiger partial charge on any atom is -0.370 e. The van der Waals surface area contributed by atoms with Crippen LogP contribution in [0, 0.1) is 17.3 Å². The number of nitrogens with one attached hydrogen (secondary N) is 2. The topological polar surface area (TPSA) is 49.8 Å². The second kappa shape index (κ2) is 10.6. The summed E-state index contributed by atoms with van der Waals surface area (Å²) in [6, 6.07) is 9.52. The molecule has 1 atom stereocenters. The van der Waals surface area contributed by atoms with Crippen LogP contribution in [0.5, 0.6) is 0 Å². The molecule has 0 saturated heterocycles. The summed E-state index contributed by atoms with van der Waals surface area (Å²) < 4.78 is 41.0. The Morgan fingerprint density at radius 2 is 1.86 bits per heavy atom. The maximum atomic E-state index is 13.7. The van der Waals surface area contributed by atoms with Crippen LogP contribution in [-0.2, 0) is 6.18 Å². The first-order valence-electron chi connectivity index (χ1n) is 12.8. The Labute approximate surface area is 217 Å². The molecule has 4 rings (SSSR count). The third-order valence-corrected chi connectivity index (χ3v) is 6.72. The number of alkyl halides is 3. The molecule has 0 radical (unpaired) electrons. The van der Waals surface area contributed by atoms with Crippen LogP contribution in [-0.4, -0.2) is 16.5 Å². The standard InChI is InChI=1S/C30H35F3N4/c1-19(2)14-16-34-27-18-26(36-22-11-9-21(10-12-22)29(3,4)5)23-13-8-20(17-25(23)37-27)28-24(30(31,32)33)7-6-15-35-28/h6-9,11-13,15,17-19,21H,10,14,16H2,1-5H3,(H2,34,36,37). The summed E-state index contributed by atoms with van der Waals surface area (Å²) >= 11 is 0. The van der Waals surface area contributed by atoms with Gasteiger partial charge in [0, 0.05) is 35.5 Å². The third kappa shape index (κ3) is 6.51. The first-order valence-corrected chi connectivity index (χ1v) is 12.8. The van der Waals surface area contributed by atoms with E-state index in [9.17, 15) is 13.2 Å². The van der Waals surface area contributed by atoms with Crippen molar-refractivity contribution in [2.24, 2.45) is 17.3 Å². The van der Waals surface area contributed by atoms with Crippen molar-refractivity contribution >= 4 is 22.4 Å². The largest absolute Gasteiger partial charge is 0.418 e. The van der Waals surface area contributed by atoms with Gasteiger partial charge in [0.1, 0.15) is 5.82 Å². The van der Waals surface area contributed by atoms with E-state index < -0.39 is 11.7 Å². The van der Waals surface area contributed by atoms with Crippen molar-refractivity contribution in [1.29, 1.82) is 0 Å². The zero-order valence-electron chi connectivity index (χ0n) is 22.1. The van der Waals surface area contributed by atoms with Gasteiger partial charge >= 0.3 is 6.18 Å². The van der Waals surface area contributed by atoms with Crippen LogP contribution in [0.3, 0.4) is 0 Å². The number of fused-ring (bicyclic) bond motifs is 1. The average molecular weight is 509 g/mol. The first kappa shape index (κ1) is 26.7. The quantitative estimate of drug-likeness (QED) is 0.335. The van der Waals surface area contributed by atoms with Gasteiger partial charge in [-0.15, -0.1) is 0 Å². The molecule has 1 unspecified atom stereocenters. The Hall–Kier alpha value is -3.35. The molecule has 0 amide bonds. The van der Waals surface area contributed by atoms with Gasteiger partial charge in [-0.05, 0) is 54.4 Å². The molecular weight excluding hydrogens is 473 g/mol. The minimum atomic E-state index is -4.50. The van der Waals surface area contributed by atoms with Gasteiger partial charge in [0.15, 0.2) is 0 Å². The number of rotatable bonds is 7. The number of halogens is 3. The molecule has 0 aliphatic heterocycles. The van der Waals surface area contributed by atoms with Gasteiger partial charge in [0.05, 0.1) is 22.5 Å². The normalized spacial score (nSPS) is 16.2. The molecule has 7 heteroatoms. The Morgan fingerprint density at radius 3 is 2.51 bits per heavy atom. The number of hydrogen-bond donors (Lipinski definition) is 2. The van der Waals surface area contributed by atoms with Crippen LogP contribution in [0.25, 0.3) is 22.2 Å². The Morgan fingerprint density at radius 1 is 1.08 bits per heavy atom. The predicted octanol–water partition coefficient (Wildman–Crippen LogP) is 8.69. The molecule has 3 aromatic rings. The highest BCUT2D eigenvalue weighted by molar-refractivity contribution is 5.96. The minimum absolute atomic E-state index is 0.0995. The van der Waals surface area contributed by atoms with E-state index in [1.54, 1.807) is 12.1 Å². The van der Waals surface area contributed by atoms with Crippen molar-refractivity contribution in [2.45, 2.75) is 53.6 Å². The molecule has 196 valence electrons. The summed E-state index contributed by atoms with van der Waals surface area (Å²) in [5.74, 6) is 1.68. The van der Waals surface area contributed by atoms with Gasteiger partial charge < -0.3 is 10.6 Å². The fourth-order valence-electron chi connectivity index (χ4n) is 4.43. The van der Waals surface area contributed by atoms with Crippen molar-refractivity contribution in [3.63, 3.8) is 0 Å². The molecule has 4 nitrogen and oxygen atoms in total. The molecule has 1 aliphatic carbocycles. The number of aromatic nitrogens is 2. The number of pyridine rings is 2. The molecule has 0 saturated carbocycles. The van der Waals surface area contributed by atoms with E-state index >= 15 is 0 Å². The molecule has 1 aromatic carbocycles. The highest BCUT2D eigenvalue weighted by atomic mass is 19.4. The lowest BCUT2D eigenvalue weighted by molar-refractivity contribution is -0.137. The van der Waals surface area contributed by atoms with Gasteiger partial charge in [-0.2, -0.15) is 13.2 Å². The monoisotopic (exact) mass is 508 g/mol. The fraction of sp³-hybridized carbons (Fsp3) is 0.400. The maximum absolute atomic E-state index is 13.7. The summed E-state index contributed by atoms with van der Waals surface area (Å²) in [7, 11) is 0. The summed E-state index contributed by atoms with van der Waals surface area (Å²) in [6.45, 7) is 11.8. The molecule has 0 bridgehead atoms. The smallest absolute Gasteiger partial charge is 0.370 e. The lowest BCUT2D eigenvalue weighted by atomic mass is 9.77. The Kier molecular flexibility index (Phi) is 7.62. The van der Waals surface area contributed by atoms with E-state index in [0.717, 1.165) is 42.2 Å². The zero-order chi connectivity index (χ0) is 26.8. The first-order chi connectivity index (χ1) is 17.4. The summed E-state index contributed by atoms with van der Waals surface area (Å²) in [4.78, 5) is 8.81. The Bertz CT molecular complexity index is 1320. The number of hydrogen-bond acceptors (Lipinski definition) is 4. The van der Waals surface area contributed by atoms with E-state index in [1.807, 2.05) is 12.1 Å². The number of allylic oxidation sites excluding steroid dienone is 3. The van der Waals surface area contributed by atoms with Gasteiger partial charge in [0.2, 0.25) is 0 Å². The van der Waals surface area contributed by atoms with Gasteiger partial charge in [-0.1, -0.05) is 58.9 Å². The highest BCUT2D eigenvalue weighted by Crippen LogP contribution is 2.38. The van der Waals surface area contributed by atoms with E-state index in [1.165, 1.54) is 12.3 Å². The van der Waals surface area contributed by atoms with Crippen molar-refractivity contribution in [3.8, 4) is 11.3 Å². The molecule has 37 heavy (non-hydrogen) atoms. The SMILES string of the molecule is CC(C)CCNc1cc(NC2=CCC(C(C)(C)C)C=C2)c2ccc(-c3ncccc3C(F)(F)F)cc2n1. The molecule has 0 fully saturated rings. The van der Waals surface area contributed by atoms with E-state index in [0.29, 0.717) is 28.7 Å². The lowest BCUT2D eigenvalue weighted by Gasteiger charge is -2.29. The van der Waals surface area contributed by atoms with E-state index in [2.05, 4.69) is 68.5 Å². The Balaban J connectivity index is 1.73. The number of benzene rings is 1. The van der Waals surface area contributed by atoms with Crippen LogP contribution in [0.1, 0.15) is 53.0 Å². The molecular formula is C30H35F3N4. The molecule has 0 spiro atoms. The summed E-state index contributed by atoms with van der Waals surface area (Å²) in [5, 5.41) is 7.74. The second-order valence-electron chi connectivity index (χ2n) is 11.1. The zero-order valence-corrected chi connectivity index (χ0v) is 22.1. The second-order valence-corrected chi connectivity index (χ2v) is 11.1. The van der Waals surface area contributed by atoms with Gasteiger partial charge in [0.25, 0.3) is 0 Å². The molecule has 2 aromatic heterocycles. The third-order valence-electron chi connectivity index (χ3n) is 6.72. The fourth-order valence-corrected chi connectivity index (χ4v) is 4.43. The van der Waals surface area contributed by atoms with Gasteiger partial charge in [-0.3, -0.25) is 4.98 Å². The van der Waals surface area contributed by atoms with Gasteiger partial charge in [-0.25, -0.2) is 4.98 Å². The van der Waals surface area contributed by atoms with Crippen molar-refractivity contribution in [1.82, 2.24) is 9.97 Å². The summed E-state index contributed by atoms with van der Waals surface area (Å²) in [6.07, 6.45) is 5.35. The van der Waals surface area contributed by atoms with Crippen LogP contribution >= 0.6 is 0 Å².